The van der Waals surface area contributed by atoms with Crippen molar-refractivity contribution in [3.05, 3.63) is 101 Å². The van der Waals surface area contributed by atoms with Crippen LogP contribution >= 0.6 is 22.9 Å². The van der Waals surface area contributed by atoms with Gasteiger partial charge in [-0.15, -0.1) is 6.58 Å². The third kappa shape index (κ3) is 4.67. The number of para-hydroxylation sites is 1. The van der Waals surface area contributed by atoms with Gasteiger partial charge in [-0.3, -0.25) is 9.52 Å². The van der Waals surface area contributed by atoms with Crippen molar-refractivity contribution >= 4 is 54.8 Å². The van der Waals surface area contributed by atoms with Gasteiger partial charge in [-0.2, -0.15) is 4.99 Å². The molecule has 1 aromatic heterocycles. The van der Waals surface area contributed by atoms with Crippen LogP contribution in [0, 0.1) is 0 Å². The van der Waals surface area contributed by atoms with Crippen molar-refractivity contribution in [3.8, 4) is 0 Å². The molecule has 0 aliphatic heterocycles. The summed E-state index contributed by atoms with van der Waals surface area (Å²) >= 11 is 7.24. The van der Waals surface area contributed by atoms with Gasteiger partial charge >= 0.3 is 0 Å². The fourth-order valence-electron chi connectivity index (χ4n) is 3.11. The number of hydrogen-bond acceptors (Lipinski definition) is 4. The number of carbonyl (C=O) groups excluding carboxylic acids is 1. The van der Waals surface area contributed by atoms with Crippen LogP contribution in [0.4, 0.5) is 5.69 Å². The van der Waals surface area contributed by atoms with Gasteiger partial charge in [0.25, 0.3) is 15.9 Å². The van der Waals surface area contributed by atoms with E-state index in [4.69, 9.17) is 11.6 Å². The Labute approximate surface area is 194 Å². The minimum Gasteiger partial charge on any atom is -0.312 e. The van der Waals surface area contributed by atoms with Crippen LogP contribution in [0.15, 0.2) is 95.3 Å². The highest BCUT2D eigenvalue weighted by molar-refractivity contribution is 7.92. The zero-order valence-electron chi connectivity index (χ0n) is 16.7. The molecule has 1 N–H and O–H groups in total. The minimum atomic E-state index is -3.83. The standard InChI is InChI=1S/C23H18ClN3O3S2/c1-2-14-27-20-8-3-4-9-21(20)31-23(27)25-22(28)16-6-5-7-18(15-16)26-32(29,30)19-12-10-17(24)11-13-19/h2-13,15,26H,1,14H2. The zero-order valence-corrected chi connectivity index (χ0v) is 19.1. The maximum atomic E-state index is 12.9. The molecule has 32 heavy (non-hydrogen) atoms. The van der Waals surface area contributed by atoms with Gasteiger partial charge in [0.1, 0.15) is 0 Å². The quantitative estimate of drug-likeness (QED) is 0.388. The Balaban J connectivity index is 1.66. The largest absolute Gasteiger partial charge is 0.312 e. The van der Waals surface area contributed by atoms with Crippen molar-refractivity contribution in [3.63, 3.8) is 0 Å². The molecule has 0 atom stereocenters. The van der Waals surface area contributed by atoms with Crippen LogP contribution in [-0.4, -0.2) is 18.9 Å². The Hall–Kier alpha value is -3.20. The number of nitrogens with one attached hydrogen (secondary N) is 1. The van der Waals surface area contributed by atoms with Gasteiger partial charge < -0.3 is 4.57 Å². The molecule has 4 rings (SSSR count). The van der Waals surface area contributed by atoms with E-state index >= 15 is 0 Å². The summed E-state index contributed by atoms with van der Waals surface area (Å²) in [4.78, 5) is 17.8. The number of hydrogen-bond donors (Lipinski definition) is 1. The molecule has 6 nitrogen and oxygen atoms in total. The van der Waals surface area contributed by atoms with Gasteiger partial charge in [0.2, 0.25) is 0 Å². The van der Waals surface area contributed by atoms with E-state index in [1.165, 1.54) is 41.7 Å². The minimum absolute atomic E-state index is 0.0686. The van der Waals surface area contributed by atoms with E-state index in [2.05, 4.69) is 16.3 Å². The molecule has 0 aliphatic carbocycles. The Morgan fingerprint density at radius 2 is 1.84 bits per heavy atom. The molecule has 0 saturated heterocycles. The molecule has 9 heteroatoms. The number of halogens is 1. The van der Waals surface area contributed by atoms with E-state index in [-0.39, 0.29) is 16.1 Å². The molecule has 0 saturated carbocycles. The summed E-state index contributed by atoms with van der Waals surface area (Å²) < 4.78 is 30.7. The molecule has 1 heterocycles. The number of benzene rings is 3. The highest BCUT2D eigenvalue weighted by Gasteiger charge is 2.15. The van der Waals surface area contributed by atoms with Crippen LogP contribution in [0.1, 0.15) is 10.4 Å². The Bertz CT molecular complexity index is 1490. The van der Waals surface area contributed by atoms with Gasteiger partial charge in [-0.05, 0) is 54.6 Å². The molecular weight excluding hydrogens is 466 g/mol. The van der Waals surface area contributed by atoms with Crippen LogP contribution in [0.3, 0.4) is 0 Å². The lowest BCUT2D eigenvalue weighted by Crippen LogP contribution is -2.16. The molecule has 4 aromatic rings. The first kappa shape index (κ1) is 22.0. The summed E-state index contributed by atoms with van der Waals surface area (Å²) in [5.41, 5.74) is 1.49. The normalized spacial score (nSPS) is 12.1. The highest BCUT2D eigenvalue weighted by atomic mass is 35.5. The number of sulfonamides is 1. The summed E-state index contributed by atoms with van der Waals surface area (Å²) in [5.74, 6) is -0.470. The maximum absolute atomic E-state index is 12.9. The van der Waals surface area contributed by atoms with Crippen molar-refractivity contribution in [2.75, 3.05) is 4.72 Å². The van der Waals surface area contributed by atoms with Crippen LogP contribution in [-0.2, 0) is 16.6 Å². The average molecular weight is 484 g/mol. The average Bonchev–Trinajstić information content (AvgIpc) is 3.11. The molecule has 3 aromatic carbocycles. The number of aromatic nitrogens is 1. The Morgan fingerprint density at radius 1 is 1.09 bits per heavy atom. The predicted molar refractivity (Wildman–Crippen MR) is 129 cm³/mol. The second kappa shape index (κ2) is 9.12. The van der Waals surface area contributed by atoms with Gasteiger partial charge in [0, 0.05) is 22.8 Å². The molecule has 162 valence electrons. The lowest BCUT2D eigenvalue weighted by Gasteiger charge is -2.09. The fraction of sp³-hybridized carbons (Fsp3) is 0.0435. The van der Waals surface area contributed by atoms with Crippen molar-refractivity contribution in [1.29, 1.82) is 0 Å². The maximum Gasteiger partial charge on any atom is 0.279 e. The van der Waals surface area contributed by atoms with Crippen molar-refractivity contribution in [2.24, 2.45) is 4.99 Å². The number of amides is 1. The van der Waals surface area contributed by atoms with Crippen molar-refractivity contribution in [2.45, 2.75) is 11.4 Å². The topological polar surface area (TPSA) is 80.5 Å². The zero-order chi connectivity index (χ0) is 22.7. The second-order valence-electron chi connectivity index (χ2n) is 6.81. The summed E-state index contributed by atoms with van der Waals surface area (Å²) in [5, 5.41) is 0.438. The molecule has 1 amide bonds. The van der Waals surface area contributed by atoms with Gasteiger partial charge in [0.05, 0.1) is 15.1 Å². The van der Waals surface area contributed by atoms with Gasteiger partial charge in [-0.25, -0.2) is 8.42 Å². The van der Waals surface area contributed by atoms with Crippen LogP contribution in [0.25, 0.3) is 10.2 Å². The summed E-state index contributed by atoms with van der Waals surface area (Å²) in [6, 6.07) is 19.8. The monoisotopic (exact) mass is 483 g/mol. The lowest BCUT2D eigenvalue weighted by molar-refractivity contribution is 0.0998. The van der Waals surface area contributed by atoms with E-state index in [1.54, 1.807) is 24.3 Å². The van der Waals surface area contributed by atoms with Crippen molar-refractivity contribution in [1.82, 2.24) is 4.57 Å². The van der Waals surface area contributed by atoms with Gasteiger partial charge in [0.15, 0.2) is 4.80 Å². The first-order valence-corrected chi connectivity index (χ1v) is 12.2. The van der Waals surface area contributed by atoms with Crippen LogP contribution in [0.5, 0.6) is 0 Å². The van der Waals surface area contributed by atoms with E-state index in [0.717, 1.165) is 10.2 Å². The number of thiazole rings is 1. The number of carbonyl (C=O) groups is 1. The first-order chi connectivity index (χ1) is 15.4. The molecular formula is C23H18ClN3O3S2. The molecule has 0 unspecified atom stereocenters. The first-order valence-electron chi connectivity index (χ1n) is 9.54. The predicted octanol–water partition coefficient (Wildman–Crippen LogP) is 5.08. The molecule has 0 radical (unpaired) electrons. The third-order valence-electron chi connectivity index (χ3n) is 4.58. The van der Waals surface area contributed by atoms with E-state index in [9.17, 15) is 13.2 Å². The highest BCUT2D eigenvalue weighted by Crippen LogP contribution is 2.20. The molecule has 0 fully saturated rings. The molecule has 0 bridgehead atoms. The summed E-state index contributed by atoms with van der Waals surface area (Å²) in [7, 11) is -3.83. The van der Waals surface area contributed by atoms with Crippen LogP contribution in [0.2, 0.25) is 5.02 Å². The Kier molecular flexibility index (Phi) is 6.27. The number of allylic oxidation sites excluding steroid dienone is 1. The third-order valence-corrected chi connectivity index (χ3v) is 7.29. The van der Waals surface area contributed by atoms with E-state index < -0.39 is 15.9 Å². The SMILES string of the molecule is C=CCn1c(=NC(=O)c2cccc(NS(=O)(=O)c3ccc(Cl)cc3)c2)sc2ccccc21. The Morgan fingerprint density at radius 3 is 2.59 bits per heavy atom. The summed E-state index contributed by atoms with van der Waals surface area (Å²) in [6.07, 6.45) is 1.74. The fourth-order valence-corrected chi connectivity index (χ4v) is 5.32. The van der Waals surface area contributed by atoms with E-state index in [1.807, 2.05) is 28.8 Å². The van der Waals surface area contributed by atoms with Crippen LogP contribution < -0.4 is 9.52 Å². The van der Waals surface area contributed by atoms with Crippen molar-refractivity contribution < 1.29 is 13.2 Å². The lowest BCUT2D eigenvalue weighted by atomic mass is 10.2. The molecule has 0 spiro atoms. The number of anilines is 1. The number of fused-ring (bicyclic) bond motifs is 1. The smallest absolute Gasteiger partial charge is 0.279 e. The second-order valence-corrected chi connectivity index (χ2v) is 9.94. The van der Waals surface area contributed by atoms with Gasteiger partial charge in [-0.1, -0.05) is 47.2 Å². The number of nitrogens with zero attached hydrogens (tertiary/aromatic N) is 2. The van der Waals surface area contributed by atoms with E-state index in [0.29, 0.717) is 16.4 Å². The molecule has 0 aliphatic rings. The number of rotatable bonds is 6. The summed E-state index contributed by atoms with van der Waals surface area (Å²) in [6.45, 7) is 4.29.